The first-order valence-corrected chi connectivity index (χ1v) is 7.13. The topological polar surface area (TPSA) is 75.9 Å². The van der Waals surface area contributed by atoms with E-state index in [1.54, 1.807) is 29.8 Å². The van der Waals surface area contributed by atoms with Crippen LogP contribution in [0.5, 0.6) is 0 Å². The van der Waals surface area contributed by atoms with Gasteiger partial charge in [-0.2, -0.15) is 0 Å². The number of amides is 2. The van der Waals surface area contributed by atoms with Gasteiger partial charge in [-0.25, -0.2) is 0 Å². The second kappa shape index (κ2) is 5.48. The SMILES string of the molecule is Cc1cc(C(=O)N2CC[C@@H]3OCC(=O)N(C)C[C@H]3C2)on1. The highest BCUT2D eigenvalue weighted by atomic mass is 16.5. The van der Waals surface area contributed by atoms with Crippen LogP contribution in [0.1, 0.15) is 22.7 Å². The van der Waals surface area contributed by atoms with Crippen molar-refractivity contribution in [3.8, 4) is 0 Å². The third-order valence-electron chi connectivity index (χ3n) is 4.15. The van der Waals surface area contributed by atoms with Crippen molar-refractivity contribution in [2.45, 2.75) is 19.4 Å². The van der Waals surface area contributed by atoms with E-state index in [4.69, 9.17) is 9.26 Å². The van der Waals surface area contributed by atoms with Crippen molar-refractivity contribution in [1.82, 2.24) is 15.0 Å². The largest absolute Gasteiger partial charge is 0.368 e. The Morgan fingerprint density at radius 2 is 2.24 bits per heavy atom. The van der Waals surface area contributed by atoms with E-state index >= 15 is 0 Å². The summed E-state index contributed by atoms with van der Waals surface area (Å²) < 4.78 is 10.7. The van der Waals surface area contributed by atoms with E-state index in [9.17, 15) is 9.59 Å². The molecule has 0 bridgehead atoms. The summed E-state index contributed by atoms with van der Waals surface area (Å²) in [6, 6.07) is 1.65. The van der Waals surface area contributed by atoms with Gasteiger partial charge in [0, 0.05) is 38.7 Å². The Hall–Kier alpha value is -1.89. The Kier molecular flexibility index (Phi) is 3.67. The Morgan fingerprint density at radius 3 is 2.95 bits per heavy atom. The first-order valence-electron chi connectivity index (χ1n) is 7.13. The van der Waals surface area contributed by atoms with Crippen LogP contribution in [0.15, 0.2) is 10.6 Å². The summed E-state index contributed by atoms with van der Waals surface area (Å²) in [4.78, 5) is 27.5. The number of hydrogen-bond donors (Lipinski definition) is 0. The second-order valence-corrected chi connectivity index (χ2v) is 5.76. The number of ether oxygens (including phenoxy) is 1. The molecule has 1 aromatic rings. The maximum atomic E-state index is 12.4. The molecule has 2 saturated heterocycles. The van der Waals surface area contributed by atoms with Gasteiger partial charge in [-0.15, -0.1) is 0 Å². The fraction of sp³-hybridized carbons (Fsp3) is 0.643. The van der Waals surface area contributed by atoms with E-state index in [1.165, 1.54) is 0 Å². The zero-order chi connectivity index (χ0) is 15.0. The van der Waals surface area contributed by atoms with Crippen LogP contribution < -0.4 is 0 Å². The molecule has 2 amide bonds. The normalized spacial score (nSPS) is 26.5. The lowest BCUT2D eigenvalue weighted by Gasteiger charge is -2.37. The highest BCUT2D eigenvalue weighted by molar-refractivity contribution is 5.91. The monoisotopic (exact) mass is 293 g/mol. The van der Waals surface area contributed by atoms with E-state index < -0.39 is 0 Å². The molecule has 2 fully saturated rings. The minimum absolute atomic E-state index is 0.00636. The first-order chi connectivity index (χ1) is 10.0. The minimum atomic E-state index is -0.146. The fourth-order valence-electron chi connectivity index (χ4n) is 2.95. The molecule has 0 unspecified atom stereocenters. The number of likely N-dealkylation sites (tertiary alicyclic amines) is 1. The van der Waals surface area contributed by atoms with Crippen molar-refractivity contribution in [1.29, 1.82) is 0 Å². The van der Waals surface area contributed by atoms with Gasteiger partial charge in [-0.05, 0) is 13.3 Å². The van der Waals surface area contributed by atoms with E-state index in [-0.39, 0.29) is 36.2 Å². The van der Waals surface area contributed by atoms with Crippen molar-refractivity contribution < 1.29 is 18.8 Å². The van der Waals surface area contributed by atoms with Crippen LogP contribution in [0.4, 0.5) is 0 Å². The van der Waals surface area contributed by atoms with Crippen LogP contribution in [-0.4, -0.2) is 66.2 Å². The summed E-state index contributed by atoms with van der Waals surface area (Å²) >= 11 is 0. The van der Waals surface area contributed by atoms with Gasteiger partial charge < -0.3 is 19.1 Å². The highest BCUT2D eigenvalue weighted by Gasteiger charge is 2.37. The standard InChI is InChI=1S/C14H19N3O4/c1-9-5-12(21-15-9)14(19)17-4-3-11-10(7-17)6-16(2)13(18)8-20-11/h5,10-11H,3-4,6-8H2,1-2H3/t10-,11-/m0/s1. The zero-order valence-corrected chi connectivity index (χ0v) is 12.2. The maximum absolute atomic E-state index is 12.4. The summed E-state index contributed by atoms with van der Waals surface area (Å²) in [5, 5.41) is 3.75. The molecule has 0 saturated carbocycles. The maximum Gasteiger partial charge on any atom is 0.292 e. The molecular formula is C14H19N3O4. The van der Waals surface area contributed by atoms with Crippen LogP contribution in [0.3, 0.4) is 0 Å². The molecule has 0 aliphatic carbocycles. The van der Waals surface area contributed by atoms with Crippen LogP contribution in [0.25, 0.3) is 0 Å². The number of aryl methyl sites for hydroxylation is 1. The third-order valence-corrected chi connectivity index (χ3v) is 4.15. The van der Waals surface area contributed by atoms with E-state index in [1.807, 2.05) is 0 Å². The van der Waals surface area contributed by atoms with Crippen molar-refractivity contribution in [2.24, 2.45) is 5.92 Å². The smallest absolute Gasteiger partial charge is 0.292 e. The van der Waals surface area contributed by atoms with E-state index in [2.05, 4.69) is 5.16 Å². The molecule has 1 aromatic heterocycles. The van der Waals surface area contributed by atoms with Crippen molar-refractivity contribution in [2.75, 3.05) is 33.3 Å². The molecule has 0 spiro atoms. The molecule has 2 aliphatic rings. The molecule has 0 aromatic carbocycles. The second-order valence-electron chi connectivity index (χ2n) is 5.76. The summed E-state index contributed by atoms with van der Waals surface area (Å²) in [6.45, 7) is 3.71. The molecule has 114 valence electrons. The van der Waals surface area contributed by atoms with Gasteiger partial charge >= 0.3 is 0 Å². The minimum Gasteiger partial charge on any atom is -0.368 e. The van der Waals surface area contributed by atoms with Crippen molar-refractivity contribution in [3.63, 3.8) is 0 Å². The molecule has 7 nitrogen and oxygen atoms in total. The van der Waals surface area contributed by atoms with E-state index in [0.717, 1.165) is 6.42 Å². The van der Waals surface area contributed by atoms with Gasteiger partial charge in [0.2, 0.25) is 11.7 Å². The average Bonchev–Trinajstić information content (AvgIpc) is 2.85. The predicted octanol–water partition coefficient (Wildman–Crippen LogP) is 0.302. The Bertz CT molecular complexity index is 556. The highest BCUT2D eigenvalue weighted by Crippen LogP contribution is 2.24. The quantitative estimate of drug-likeness (QED) is 0.744. The lowest BCUT2D eigenvalue weighted by atomic mass is 9.94. The van der Waals surface area contributed by atoms with Crippen LogP contribution in [0, 0.1) is 12.8 Å². The zero-order valence-electron chi connectivity index (χ0n) is 12.2. The molecule has 0 N–H and O–H groups in total. The number of hydrogen-bond acceptors (Lipinski definition) is 5. The van der Waals surface area contributed by atoms with E-state index in [0.29, 0.717) is 25.3 Å². The van der Waals surface area contributed by atoms with Crippen LogP contribution in [-0.2, 0) is 9.53 Å². The number of piperidine rings is 1. The lowest BCUT2D eigenvalue weighted by Crippen LogP contribution is -2.48. The Balaban J connectivity index is 1.70. The van der Waals surface area contributed by atoms with Gasteiger partial charge in [0.1, 0.15) is 6.61 Å². The third kappa shape index (κ3) is 2.78. The van der Waals surface area contributed by atoms with Gasteiger partial charge in [0.05, 0.1) is 11.8 Å². The molecule has 21 heavy (non-hydrogen) atoms. The molecule has 3 rings (SSSR count). The number of rotatable bonds is 1. The number of aromatic nitrogens is 1. The Morgan fingerprint density at radius 1 is 1.43 bits per heavy atom. The fourth-order valence-corrected chi connectivity index (χ4v) is 2.95. The van der Waals surface area contributed by atoms with Crippen LogP contribution >= 0.6 is 0 Å². The van der Waals surface area contributed by atoms with Gasteiger partial charge in [0.15, 0.2) is 0 Å². The van der Waals surface area contributed by atoms with Gasteiger partial charge in [-0.3, -0.25) is 9.59 Å². The number of carbonyl (C=O) groups excluding carboxylic acids is 2. The average molecular weight is 293 g/mol. The summed E-state index contributed by atoms with van der Waals surface area (Å²) in [5.41, 5.74) is 0.691. The van der Waals surface area contributed by atoms with Crippen molar-refractivity contribution >= 4 is 11.8 Å². The molecular weight excluding hydrogens is 274 g/mol. The molecule has 0 radical (unpaired) electrons. The molecule has 7 heteroatoms. The lowest BCUT2D eigenvalue weighted by molar-refractivity contribution is -0.133. The van der Waals surface area contributed by atoms with Gasteiger partial charge in [-0.1, -0.05) is 5.16 Å². The number of nitrogens with zero attached hydrogens (tertiary/aromatic N) is 3. The summed E-state index contributed by atoms with van der Waals surface area (Å²) in [6.07, 6.45) is 0.782. The summed E-state index contributed by atoms with van der Waals surface area (Å²) in [7, 11) is 1.77. The predicted molar refractivity (Wildman–Crippen MR) is 72.6 cm³/mol. The van der Waals surface area contributed by atoms with Gasteiger partial charge in [0.25, 0.3) is 5.91 Å². The molecule has 2 aliphatic heterocycles. The van der Waals surface area contributed by atoms with Crippen molar-refractivity contribution in [3.05, 3.63) is 17.5 Å². The number of fused-ring (bicyclic) bond motifs is 1. The molecule has 2 atom stereocenters. The number of likely N-dealkylation sites (N-methyl/N-ethyl adjacent to an activating group) is 1. The van der Waals surface area contributed by atoms with Crippen LogP contribution in [0.2, 0.25) is 0 Å². The molecule has 3 heterocycles. The first kappa shape index (κ1) is 14.1. The summed E-state index contributed by atoms with van der Waals surface area (Å²) in [5.74, 6) is 0.258. The Labute approximate surface area is 122 Å². The number of carbonyl (C=O) groups is 2.